The normalized spacial score (nSPS) is 10.0. The Morgan fingerprint density at radius 3 is 2.57 bits per heavy atom. The van der Waals surface area contributed by atoms with E-state index in [0.29, 0.717) is 23.6 Å². The van der Waals surface area contributed by atoms with Crippen molar-refractivity contribution >= 4 is 23.2 Å². The minimum atomic E-state index is -0.596. The van der Waals surface area contributed by atoms with E-state index in [2.05, 4.69) is 10.6 Å². The first-order valence-corrected chi connectivity index (χ1v) is 7.11. The van der Waals surface area contributed by atoms with Gasteiger partial charge in [0.1, 0.15) is 11.6 Å². The number of anilines is 2. The maximum absolute atomic E-state index is 13.9. The molecule has 0 aliphatic carbocycles. The molecule has 0 atom stereocenters. The van der Waals surface area contributed by atoms with Gasteiger partial charge in [-0.3, -0.25) is 9.59 Å². The van der Waals surface area contributed by atoms with Gasteiger partial charge < -0.3 is 15.4 Å². The third kappa shape index (κ3) is 4.29. The van der Waals surface area contributed by atoms with E-state index in [9.17, 15) is 14.0 Å². The standard InChI is InChI=1S/C17H17FN2O3/c1-3-23-16-7-5-4-6-13(16)17(22)20-15-10-12(19-11(2)21)8-9-14(15)18/h4-10H,3H2,1-2H3,(H,19,21)(H,20,22). The zero-order valence-corrected chi connectivity index (χ0v) is 12.9. The maximum Gasteiger partial charge on any atom is 0.259 e. The van der Waals surface area contributed by atoms with Gasteiger partial charge in [-0.2, -0.15) is 0 Å². The number of hydrogen-bond acceptors (Lipinski definition) is 3. The molecule has 0 bridgehead atoms. The Morgan fingerprint density at radius 2 is 1.87 bits per heavy atom. The van der Waals surface area contributed by atoms with E-state index in [1.807, 2.05) is 6.92 Å². The summed E-state index contributed by atoms with van der Waals surface area (Å²) in [6.07, 6.45) is 0. The third-order valence-electron chi connectivity index (χ3n) is 2.97. The lowest BCUT2D eigenvalue weighted by Crippen LogP contribution is -2.15. The molecular weight excluding hydrogens is 299 g/mol. The highest BCUT2D eigenvalue weighted by Crippen LogP contribution is 2.23. The van der Waals surface area contributed by atoms with E-state index in [4.69, 9.17) is 4.74 Å². The minimum absolute atomic E-state index is 0.0208. The van der Waals surface area contributed by atoms with Crippen LogP contribution in [0.1, 0.15) is 24.2 Å². The van der Waals surface area contributed by atoms with Gasteiger partial charge in [-0.1, -0.05) is 12.1 Å². The van der Waals surface area contributed by atoms with Gasteiger partial charge in [0.25, 0.3) is 5.91 Å². The van der Waals surface area contributed by atoms with Crippen molar-refractivity contribution < 1.29 is 18.7 Å². The van der Waals surface area contributed by atoms with Crippen LogP contribution in [0.3, 0.4) is 0 Å². The molecule has 2 rings (SSSR count). The smallest absolute Gasteiger partial charge is 0.259 e. The molecule has 6 heteroatoms. The predicted octanol–water partition coefficient (Wildman–Crippen LogP) is 3.44. The van der Waals surface area contributed by atoms with Crippen molar-refractivity contribution in [2.45, 2.75) is 13.8 Å². The molecule has 0 aliphatic heterocycles. The van der Waals surface area contributed by atoms with E-state index < -0.39 is 11.7 Å². The second kappa shape index (κ2) is 7.40. The quantitative estimate of drug-likeness (QED) is 0.888. The molecule has 5 nitrogen and oxygen atoms in total. The largest absolute Gasteiger partial charge is 0.493 e. The van der Waals surface area contributed by atoms with Crippen molar-refractivity contribution in [2.24, 2.45) is 0 Å². The Bertz CT molecular complexity index is 732. The maximum atomic E-state index is 13.9. The fourth-order valence-electron chi connectivity index (χ4n) is 2.03. The number of halogens is 1. The lowest BCUT2D eigenvalue weighted by Gasteiger charge is -2.12. The topological polar surface area (TPSA) is 67.4 Å². The summed E-state index contributed by atoms with van der Waals surface area (Å²) in [5.74, 6) is -0.948. The number of rotatable bonds is 5. The van der Waals surface area contributed by atoms with Gasteiger partial charge in [-0.25, -0.2) is 4.39 Å². The minimum Gasteiger partial charge on any atom is -0.493 e. The molecule has 0 radical (unpaired) electrons. The van der Waals surface area contributed by atoms with Crippen LogP contribution >= 0.6 is 0 Å². The Labute approximate surface area is 133 Å². The molecule has 0 aliphatic rings. The molecule has 2 N–H and O–H groups in total. The molecular formula is C17H17FN2O3. The van der Waals surface area contributed by atoms with Crippen molar-refractivity contribution in [3.05, 3.63) is 53.8 Å². The molecule has 0 saturated carbocycles. The van der Waals surface area contributed by atoms with Gasteiger partial charge in [0, 0.05) is 12.6 Å². The summed E-state index contributed by atoms with van der Waals surface area (Å²) in [6.45, 7) is 3.57. The van der Waals surface area contributed by atoms with Gasteiger partial charge in [0.2, 0.25) is 5.91 Å². The van der Waals surface area contributed by atoms with Gasteiger partial charge in [-0.15, -0.1) is 0 Å². The van der Waals surface area contributed by atoms with E-state index >= 15 is 0 Å². The average molecular weight is 316 g/mol. The highest BCUT2D eigenvalue weighted by Gasteiger charge is 2.14. The van der Waals surface area contributed by atoms with Gasteiger partial charge >= 0.3 is 0 Å². The third-order valence-corrected chi connectivity index (χ3v) is 2.97. The van der Waals surface area contributed by atoms with Crippen LogP contribution in [0.5, 0.6) is 5.75 Å². The molecule has 2 amide bonds. The summed E-state index contributed by atoms with van der Waals surface area (Å²) in [7, 11) is 0. The number of carbonyl (C=O) groups is 2. The van der Waals surface area contributed by atoms with Crippen LogP contribution in [0.4, 0.5) is 15.8 Å². The van der Waals surface area contributed by atoms with Crippen molar-refractivity contribution in [3.8, 4) is 5.75 Å². The molecule has 23 heavy (non-hydrogen) atoms. The lowest BCUT2D eigenvalue weighted by molar-refractivity contribution is -0.114. The summed E-state index contributed by atoms with van der Waals surface area (Å²) in [5.41, 5.74) is 0.679. The summed E-state index contributed by atoms with van der Waals surface area (Å²) in [5, 5.41) is 5.03. The fourth-order valence-corrected chi connectivity index (χ4v) is 2.03. The van der Waals surface area contributed by atoms with Crippen LogP contribution in [0.15, 0.2) is 42.5 Å². The highest BCUT2D eigenvalue weighted by atomic mass is 19.1. The number of nitrogens with one attached hydrogen (secondary N) is 2. The number of benzene rings is 2. The molecule has 0 heterocycles. The van der Waals surface area contributed by atoms with Crippen LogP contribution in [0.2, 0.25) is 0 Å². The molecule has 0 fully saturated rings. The lowest BCUT2D eigenvalue weighted by atomic mass is 10.1. The number of hydrogen-bond donors (Lipinski definition) is 2. The highest BCUT2D eigenvalue weighted by molar-refractivity contribution is 6.06. The number of carbonyl (C=O) groups excluding carboxylic acids is 2. The van der Waals surface area contributed by atoms with Gasteiger partial charge in [0.15, 0.2) is 0 Å². The Morgan fingerprint density at radius 1 is 1.13 bits per heavy atom. The summed E-state index contributed by atoms with van der Waals surface area (Å²) < 4.78 is 19.3. The van der Waals surface area contributed by atoms with Crippen molar-refractivity contribution in [3.63, 3.8) is 0 Å². The average Bonchev–Trinajstić information content (AvgIpc) is 2.51. The van der Waals surface area contributed by atoms with Crippen molar-refractivity contribution in [1.29, 1.82) is 0 Å². The van der Waals surface area contributed by atoms with Crippen LogP contribution < -0.4 is 15.4 Å². The van der Waals surface area contributed by atoms with Gasteiger partial charge in [0.05, 0.1) is 17.9 Å². The van der Waals surface area contributed by atoms with Crippen LogP contribution in [-0.4, -0.2) is 18.4 Å². The fraction of sp³-hybridized carbons (Fsp3) is 0.176. The first-order valence-electron chi connectivity index (χ1n) is 7.11. The Balaban J connectivity index is 2.25. The van der Waals surface area contributed by atoms with Crippen molar-refractivity contribution in [1.82, 2.24) is 0 Å². The number of ether oxygens (including phenoxy) is 1. The molecule has 0 aromatic heterocycles. The molecule has 2 aromatic carbocycles. The first-order chi connectivity index (χ1) is 11.0. The zero-order valence-electron chi connectivity index (χ0n) is 12.9. The Hall–Kier alpha value is -2.89. The van der Waals surface area contributed by atoms with Crippen LogP contribution in [0, 0.1) is 5.82 Å². The zero-order chi connectivity index (χ0) is 16.8. The Kier molecular flexibility index (Phi) is 5.30. The second-order valence-electron chi connectivity index (χ2n) is 4.76. The molecule has 2 aromatic rings. The first kappa shape index (κ1) is 16.5. The predicted molar refractivity (Wildman–Crippen MR) is 86.3 cm³/mol. The summed E-state index contributed by atoms with van der Waals surface area (Å²) in [6, 6.07) is 10.7. The van der Waals surface area contributed by atoms with Gasteiger partial charge in [-0.05, 0) is 37.3 Å². The van der Waals surface area contributed by atoms with E-state index in [1.165, 1.54) is 25.1 Å². The van der Waals surface area contributed by atoms with E-state index in [1.54, 1.807) is 24.3 Å². The molecule has 120 valence electrons. The molecule has 0 saturated heterocycles. The summed E-state index contributed by atoms with van der Waals surface area (Å²) >= 11 is 0. The van der Waals surface area contributed by atoms with Crippen molar-refractivity contribution in [2.75, 3.05) is 17.2 Å². The number of amides is 2. The number of para-hydroxylation sites is 1. The van der Waals surface area contributed by atoms with E-state index in [-0.39, 0.29) is 11.6 Å². The molecule has 0 unspecified atom stereocenters. The van der Waals surface area contributed by atoms with E-state index in [0.717, 1.165) is 0 Å². The van der Waals surface area contributed by atoms with Crippen LogP contribution in [-0.2, 0) is 4.79 Å². The summed E-state index contributed by atoms with van der Waals surface area (Å²) in [4.78, 5) is 23.4. The monoisotopic (exact) mass is 316 g/mol. The van der Waals surface area contributed by atoms with Crippen LogP contribution in [0.25, 0.3) is 0 Å². The molecule has 0 spiro atoms. The SMILES string of the molecule is CCOc1ccccc1C(=O)Nc1cc(NC(C)=O)ccc1F. The second-order valence-corrected chi connectivity index (χ2v) is 4.76.